The van der Waals surface area contributed by atoms with Crippen LogP contribution < -0.4 is 5.73 Å². The van der Waals surface area contributed by atoms with Crippen LogP contribution in [0.5, 0.6) is 0 Å². The minimum absolute atomic E-state index is 0.300. The van der Waals surface area contributed by atoms with Gasteiger partial charge in [0.25, 0.3) is 0 Å². The molecule has 0 spiro atoms. The van der Waals surface area contributed by atoms with E-state index in [2.05, 4.69) is 10.2 Å². The Hall–Kier alpha value is -0.720. The highest BCUT2D eigenvalue weighted by atomic mass is 32.1. The van der Waals surface area contributed by atoms with Crippen molar-refractivity contribution in [2.45, 2.75) is 25.6 Å². The van der Waals surface area contributed by atoms with Gasteiger partial charge in [-0.3, -0.25) is 0 Å². The van der Waals surface area contributed by atoms with Crippen molar-refractivity contribution in [2.24, 2.45) is 0 Å². The fourth-order valence-corrected chi connectivity index (χ4v) is 1.89. The largest absolute Gasteiger partial charge is 0.381 e. The smallest absolute Gasteiger partial charge is 0.203 e. The molecule has 1 saturated heterocycles. The van der Waals surface area contributed by atoms with E-state index in [9.17, 15) is 0 Å². The summed E-state index contributed by atoms with van der Waals surface area (Å²) < 4.78 is 10.9. The zero-order valence-electron chi connectivity index (χ0n) is 7.81. The topological polar surface area (TPSA) is 70.3 Å². The maximum atomic E-state index is 5.65. The lowest BCUT2D eigenvalue weighted by molar-refractivity contribution is -0.0392. The van der Waals surface area contributed by atoms with E-state index in [4.69, 9.17) is 15.2 Å². The van der Waals surface area contributed by atoms with E-state index in [1.807, 2.05) is 0 Å². The van der Waals surface area contributed by atoms with E-state index >= 15 is 0 Å². The van der Waals surface area contributed by atoms with Gasteiger partial charge in [0.15, 0.2) is 0 Å². The summed E-state index contributed by atoms with van der Waals surface area (Å²) in [5, 5.41) is 8.95. The molecule has 2 N–H and O–H groups in total. The quantitative estimate of drug-likeness (QED) is 0.808. The Kier molecular flexibility index (Phi) is 3.28. The van der Waals surface area contributed by atoms with Crippen LogP contribution in [-0.2, 0) is 16.1 Å². The summed E-state index contributed by atoms with van der Waals surface area (Å²) in [5.41, 5.74) is 5.46. The second-order valence-corrected chi connectivity index (χ2v) is 4.25. The first-order valence-corrected chi connectivity index (χ1v) is 5.43. The highest BCUT2D eigenvalue weighted by Gasteiger charge is 2.14. The average molecular weight is 215 g/mol. The lowest BCUT2D eigenvalue weighted by Crippen LogP contribution is -2.23. The number of hydrogen-bond acceptors (Lipinski definition) is 6. The average Bonchev–Trinajstić information content (AvgIpc) is 2.63. The van der Waals surface area contributed by atoms with Gasteiger partial charge in [-0.1, -0.05) is 11.3 Å². The van der Waals surface area contributed by atoms with Crippen molar-refractivity contribution < 1.29 is 9.47 Å². The summed E-state index contributed by atoms with van der Waals surface area (Å²) in [6.45, 7) is 2.10. The minimum Gasteiger partial charge on any atom is -0.381 e. The molecule has 1 fully saturated rings. The van der Waals surface area contributed by atoms with E-state index < -0.39 is 0 Å². The van der Waals surface area contributed by atoms with Crippen molar-refractivity contribution in [1.29, 1.82) is 0 Å². The molecule has 1 aromatic heterocycles. The molecule has 0 aromatic carbocycles. The van der Waals surface area contributed by atoms with Gasteiger partial charge in [0, 0.05) is 13.2 Å². The number of rotatable bonds is 3. The van der Waals surface area contributed by atoms with Crippen LogP contribution in [0.25, 0.3) is 0 Å². The van der Waals surface area contributed by atoms with E-state index in [-0.39, 0.29) is 0 Å². The molecular weight excluding hydrogens is 202 g/mol. The van der Waals surface area contributed by atoms with Crippen molar-refractivity contribution in [3.05, 3.63) is 5.01 Å². The third kappa shape index (κ3) is 2.63. The molecular formula is C8H13N3O2S. The van der Waals surface area contributed by atoms with Crippen LogP contribution in [0.2, 0.25) is 0 Å². The second kappa shape index (κ2) is 4.68. The minimum atomic E-state index is 0.300. The fourth-order valence-electron chi connectivity index (χ4n) is 1.36. The van der Waals surface area contributed by atoms with E-state index in [0.29, 0.717) is 17.8 Å². The number of hydrogen-bond donors (Lipinski definition) is 1. The molecule has 1 aliphatic heterocycles. The first-order valence-electron chi connectivity index (χ1n) is 4.62. The van der Waals surface area contributed by atoms with Gasteiger partial charge in [0.05, 0.1) is 6.10 Å². The molecule has 0 amide bonds. The maximum Gasteiger partial charge on any atom is 0.203 e. The summed E-state index contributed by atoms with van der Waals surface area (Å²) in [6, 6.07) is 0. The highest BCUT2D eigenvalue weighted by molar-refractivity contribution is 7.15. The number of ether oxygens (including phenoxy) is 2. The van der Waals surface area contributed by atoms with Gasteiger partial charge < -0.3 is 15.2 Å². The Balaban J connectivity index is 1.76. The van der Waals surface area contributed by atoms with Gasteiger partial charge in [-0.25, -0.2) is 0 Å². The van der Waals surface area contributed by atoms with E-state index in [1.54, 1.807) is 0 Å². The summed E-state index contributed by atoms with van der Waals surface area (Å²) in [6.07, 6.45) is 2.23. The zero-order valence-corrected chi connectivity index (χ0v) is 8.63. The van der Waals surface area contributed by atoms with Gasteiger partial charge in [-0.2, -0.15) is 0 Å². The molecule has 78 valence electrons. The standard InChI is InChI=1S/C8H13N3O2S/c9-8-11-10-7(14-8)5-13-6-1-3-12-4-2-6/h6H,1-5H2,(H2,9,11). The van der Waals surface area contributed by atoms with Crippen molar-refractivity contribution in [3.63, 3.8) is 0 Å². The number of anilines is 1. The van der Waals surface area contributed by atoms with Crippen LogP contribution >= 0.6 is 11.3 Å². The molecule has 2 heterocycles. The summed E-state index contributed by atoms with van der Waals surface area (Å²) in [5.74, 6) is 0. The Bertz CT molecular complexity index is 286. The molecule has 0 radical (unpaired) electrons. The van der Waals surface area contributed by atoms with Crippen molar-refractivity contribution >= 4 is 16.5 Å². The first kappa shape index (κ1) is 9.82. The predicted molar refractivity (Wildman–Crippen MR) is 53.0 cm³/mol. The van der Waals surface area contributed by atoms with Crippen LogP contribution in [-0.4, -0.2) is 29.5 Å². The molecule has 0 aliphatic carbocycles. The lowest BCUT2D eigenvalue weighted by Gasteiger charge is -2.21. The fraction of sp³-hybridized carbons (Fsp3) is 0.750. The molecule has 5 nitrogen and oxygen atoms in total. The SMILES string of the molecule is Nc1nnc(COC2CCOCC2)s1. The van der Waals surface area contributed by atoms with Crippen molar-refractivity contribution in [2.75, 3.05) is 18.9 Å². The van der Waals surface area contributed by atoms with Gasteiger partial charge in [-0.05, 0) is 12.8 Å². The van der Waals surface area contributed by atoms with Crippen LogP contribution in [0.3, 0.4) is 0 Å². The Labute approximate surface area is 86.2 Å². The van der Waals surface area contributed by atoms with Gasteiger partial charge >= 0.3 is 0 Å². The lowest BCUT2D eigenvalue weighted by atomic mass is 10.2. The van der Waals surface area contributed by atoms with Gasteiger partial charge in [0.1, 0.15) is 11.6 Å². The molecule has 0 saturated carbocycles. The van der Waals surface area contributed by atoms with E-state index in [1.165, 1.54) is 11.3 Å². The summed E-state index contributed by atoms with van der Waals surface area (Å²) in [7, 11) is 0. The van der Waals surface area contributed by atoms with E-state index in [0.717, 1.165) is 31.1 Å². The maximum absolute atomic E-state index is 5.65. The van der Waals surface area contributed by atoms with Crippen LogP contribution in [0.1, 0.15) is 17.8 Å². The molecule has 1 aromatic rings. The molecule has 0 atom stereocenters. The van der Waals surface area contributed by atoms with Crippen molar-refractivity contribution in [3.8, 4) is 0 Å². The van der Waals surface area contributed by atoms with Gasteiger partial charge in [-0.15, -0.1) is 10.2 Å². The Morgan fingerprint density at radius 3 is 2.86 bits per heavy atom. The molecule has 0 bridgehead atoms. The highest BCUT2D eigenvalue weighted by Crippen LogP contribution is 2.16. The monoisotopic (exact) mass is 215 g/mol. The summed E-state index contributed by atoms with van der Waals surface area (Å²) >= 11 is 1.38. The molecule has 14 heavy (non-hydrogen) atoms. The van der Waals surface area contributed by atoms with Crippen LogP contribution in [0, 0.1) is 0 Å². The number of aromatic nitrogens is 2. The van der Waals surface area contributed by atoms with Crippen molar-refractivity contribution in [1.82, 2.24) is 10.2 Å². The number of nitrogen functional groups attached to an aromatic ring is 1. The predicted octanol–water partition coefficient (Wildman–Crippen LogP) is 0.816. The molecule has 1 aliphatic rings. The molecule has 2 rings (SSSR count). The molecule has 6 heteroatoms. The third-order valence-electron chi connectivity index (χ3n) is 2.09. The number of nitrogens with two attached hydrogens (primary N) is 1. The normalized spacial score (nSPS) is 18.6. The first-order chi connectivity index (χ1) is 6.84. The summed E-state index contributed by atoms with van der Waals surface area (Å²) in [4.78, 5) is 0. The van der Waals surface area contributed by atoms with Crippen LogP contribution in [0.15, 0.2) is 0 Å². The van der Waals surface area contributed by atoms with Crippen LogP contribution in [0.4, 0.5) is 5.13 Å². The van der Waals surface area contributed by atoms with Gasteiger partial charge in [0.2, 0.25) is 5.13 Å². The Morgan fingerprint density at radius 2 is 2.21 bits per heavy atom. The number of nitrogens with zero attached hydrogens (tertiary/aromatic N) is 2. The zero-order chi connectivity index (χ0) is 9.80. The molecule has 0 unspecified atom stereocenters. The Morgan fingerprint density at radius 1 is 1.43 bits per heavy atom. The third-order valence-corrected chi connectivity index (χ3v) is 2.82. The second-order valence-electron chi connectivity index (χ2n) is 3.16.